The smallest absolute Gasteiger partial charge is 0.376 e. The van der Waals surface area contributed by atoms with E-state index in [0.717, 1.165) is 17.5 Å². The summed E-state index contributed by atoms with van der Waals surface area (Å²) in [7, 11) is 0. The highest BCUT2D eigenvalue weighted by Crippen LogP contribution is 2.43. The molecule has 1 amide bonds. The van der Waals surface area contributed by atoms with Gasteiger partial charge in [0, 0.05) is 30.7 Å². The summed E-state index contributed by atoms with van der Waals surface area (Å²) in [5.41, 5.74) is 0.622. The monoisotopic (exact) mass is 428 g/mol. The maximum absolute atomic E-state index is 13.7. The topological polar surface area (TPSA) is 68.2 Å². The normalized spacial score (nSPS) is 24.1. The highest BCUT2D eigenvalue weighted by molar-refractivity contribution is 6.30. The van der Waals surface area contributed by atoms with Crippen molar-refractivity contribution in [2.24, 2.45) is 0 Å². The average molecular weight is 429 g/mol. The van der Waals surface area contributed by atoms with Crippen LogP contribution in [0.25, 0.3) is 0 Å². The third-order valence-corrected chi connectivity index (χ3v) is 5.46. The quantitative estimate of drug-likeness (QED) is 0.769. The highest BCUT2D eigenvalue weighted by atomic mass is 35.5. The summed E-state index contributed by atoms with van der Waals surface area (Å²) in [5, 5.41) is 10.2. The maximum atomic E-state index is 13.7. The number of hydrogen-bond acceptors (Lipinski definition) is 4. The number of aromatic nitrogens is 2. The molecule has 10 heteroatoms. The largest absolute Gasteiger partial charge is 0.410 e. The Hall–Kier alpha value is -2.26. The Bertz CT molecular complexity index is 879. The van der Waals surface area contributed by atoms with Gasteiger partial charge in [-0.1, -0.05) is 23.7 Å². The molecular formula is C19H20ClF3N4O2. The molecule has 1 aromatic carbocycles. The fourth-order valence-corrected chi connectivity index (χ4v) is 3.83. The first-order valence-corrected chi connectivity index (χ1v) is 9.77. The zero-order chi connectivity index (χ0) is 20.6. The van der Waals surface area contributed by atoms with Crippen LogP contribution < -0.4 is 10.6 Å². The fourth-order valence-electron chi connectivity index (χ4n) is 3.70. The molecule has 0 bridgehead atoms. The molecule has 1 saturated heterocycles. The van der Waals surface area contributed by atoms with Crippen molar-refractivity contribution >= 4 is 23.3 Å². The molecule has 29 heavy (non-hydrogen) atoms. The molecular weight excluding hydrogens is 409 g/mol. The molecule has 0 saturated carbocycles. The number of fused-ring (bicyclic) bond motifs is 1. The Balaban J connectivity index is 1.56. The molecule has 2 aliphatic rings. The summed E-state index contributed by atoms with van der Waals surface area (Å²) in [5.74, 6) is -0.367. The molecule has 4 rings (SSSR count). The van der Waals surface area contributed by atoms with Crippen molar-refractivity contribution in [2.45, 2.75) is 43.6 Å². The van der Waals surface area contributed by atoms with Gasteiger partial charge >= 0.3 is 6.18 Å². The summed E-state index contributed by atoms with van der Waals surface area (Å²) in [6.45, 7) is 0.965. The average Bonchev–Trinajstić information content (AvgIpc) is 3.34. The molecule has 1 aromatic heterocycles. The van der Waals surface area contributed by atoms with Crippen molar-refractivity contribution in [3.63, 3.8) is 0 Å². The minimum atomic E-state index is -4.50. The van der Waals surface area contributed by atoms with E-state index in [1.807, 2.05) is 0 Å². The molecule has 3 atom stereocenters. The lowest BCUT2D eigenvalue weighted by atomic mass is 9.97. The number of rotatable bonds is 4. The van der Waals surface area contributed by atoms with Crippen LogP contribution in [0.2, 0.25) is 5.02 Å². The second kappa shape index (κ2) is 7.87. The van der Waals surface area contributed by atoms with Gasteiger partial charge in [0.25, 0.3) is 5.91 Å². The van der Waals surface area contributed by atoms with Gasteiger partial charge in [-0.15, -0.1) is 0 Å². The first-order valence-electron chi connectivity index (χ1n) is 9.39. The molecule has 6 nitrogen and oxygen atoms in total. The molecule has 1 fully saturated rings. The highest BCUT2D eigenvalue weighted by Gasteiger charge is 2.46. The summed E-state index contributed by atoms with van der Waals surface area (Å²) in [4.78, 5) is 12.4. The first-order chi connectivity index (χ1) is 13.8. The van der Waals surface area contributed by atoms with E-state index in [0.29, 0.717) is 23.7 Å². The van der Waals surface area contributed by atoms with Crippen molar-refractivity contribution in [2.75, 3.05) is 18.5 Å². The summed E-state index contributed by atoms with van der Waals surface area (Å²) in [6.07, 6.45) is -3.02. The van der Waals surface area contributed by atoms with Gasteiger partial charge in [-0.05, 0) is 30.5 Å². The zero-order valence-electron chi connectivity index (χ0n) is 15.4. The van der Waals surface area contributed by atoms with Crippen molar-refractivity contribution in [3.05, 3.63) is 46.6 Å². The van der Waals surface area contributed by atoms with E-state index in [-0.39, 0.29) is 24.0 Å². The van der Waals surface area contributed by atoms with Crippen LogP contribution in [0.1, 0.15) is 47.4 Å². The van der Waals surface area contributed by atoms with Gasteiger partial charge in [0.2, 0.25) is 0 Å². The lowest BCUT2D eigenvalue weighted by molar-refractivity contribution is -0.173. The molecule has 0 unspecified atom stereocenters. The van der Waals surface area contributed by atoms with Crippen LogP contribution in [0.4, 0.5) is 19.0 Å². The van der Waals surface area contributed by atoms with Crippen LogP contribution in [-0.4, -0.2) is 41.1 Å². The van der Waals surface area contributed by atoms with Crippen molar-refractivity contribution in [3.8, 4) is 0 Å². The molecule has 0 spiro atoms. The Labute approximate surface area is 170 Å². The molecule has 156 valence electrons. The molecule has 2 aliphatic heterocycles. The Morgan fingerprint density at radius 1 is 1.34 bits per heavy atom. The number of anilines is 1. The zero-order valence-corrected chi connectivity index (χ0v) is 16.1. The molecule has 0 radical (unpaired) electrons. The van der Waals surface area contributed by atoms with E-state index >= 15 is 0 Å². The first kappa shape index (κ1) is 20.0. The van der Waals surface area contributed by atoms with E-state index in [1.165, 1.54) is 6.07 Å². The number of amides is 1. The van der Waals surface area contributed by atoms with Crippen molar-refractivity contribution < 1.29 is 22.7 Å². The van der Waals surface area contributed by atoms with Crippen LogP contribution in [0.5, 0.6) is 0 Å². The van der Waals surface area contributed by atoms with Crippen LogP contribution in [0.15, 0.2) is 30.3 Å². The summed E-state index contributed by atoms with van der Waals surface area (Å²) in [6, 6.07) is 5.59. The Morgan fingerprint density at radius 2 is 2.10 bits per heavy atom. The number of ether oxygens (including phenoxy) is 1. The van der Waals surface area contributed by atoms with Crippen molar-refractivity contribution in [1.82, 2.24) is 15.1 Å². The number of halogens is 4. The minimum Gasteiger partial charge on any atom is -0.376 e. The number of benzene rings is 1. The van der Waals surface area contributed by atoms with Crippen molar-refractivity contribution in [1.29, 1.82) is 0 Å². The molecule has 3 heterocycles. The van der Waals surface area contributed by atoms with E-state index < -0.39 is 24.2 Å². The predicted octanol–water partition coefficient (Wildman–Crippen LogP) is 4.11. The SMILES string of the molecule is O=C(NC[C@@H]1CCCO1)c1cc2n(n1)[C@H](C(F)(F)F)C[C@H](c1ccc(Cl)cc1)N2. The maximum Gasteiger partial charge on any atom is 0.410 e. The van der Waals surface area contributed by atoms with Gasteiger partial charge < -0.3 is 15.4 Å². The second-order valence-corrected chi connectivity index (χ2v) is 7.68. The number of alkyl halides is 3. The molecule has 2 aromatic rings. The van der Waals surface area contributed by atoms with E-state index in [2.05, 4.69) is 15.7 Å². The standard InChI is InChI=1S/C19H20ClF3N4O2/c20-12-5-3-11(4-6-12)14-8-16(19(21,22)23)27-17(25-14)9-15(26-27)18(28)24-10-13-2-1-7-29-13/h3-6,9,13-14,16,25H,1-2,7-8,10H2,(H,24,28)/t13-,14+,16-/m0/s1. The third-order valence-electron chi connectivity index (χ3n) is 5.21. The lowest BCUT2D eigenvalue weighted by Crippen LogP contribution is -2.36. The van der Waals surface area contributed by atoms with Crippen LogP contribution >= 0.6 is 11.6 Å². The molecule has 2 N–H and O–H groups in total. The van der Waals surface area contributed by atoms with Crippen LogP contribution in [-0.2, 0) is 4.74 Å². The number of hydrogen-bond donors (Lipinski definition) is 2. The van der Waals surface area contributed by atoms with Crippen LogP contribution in [0.3, 0.4) is 0 Å². The Kier molecular flexibility index (Phi) is 5.44. The fraction of sp³-hybridized carbons (Fsp3) is 0.474. The van der Waals surface area contributed by atoms with Gasteiger partial charge in [0.15, 0.2) is 11.7 Å². The van der Waals surface area contributed by atoms with Gasteiger partial charge in [-0.2, -0.15) is 18.3 Å². The molecule has 0 aliphatic carbocycles. The number of nitrogens with one attached hydrogen (secondary N) is 2. The second-order valence-electron chi connectivity index (χ2n) is 7.25. The predicted molar refractivity (Wildman–Crippen MR) is 101 cm³/mol. The van der Waals surface area contributed by atoms with Gasteiger partial charge in [0.05, 0.1) is 12.1 Å². The number of carbonyl (C=O) groups is 1. The lowest BCUT2D eigenvalue weighted by Gasteiger charge is -2.33. The van der Waals surface area contributed by atoms with E-state index in [1.54, 1.807) is 24.3 Å². The number of nitrogens with zero attached hydrogens (tertiary/aromatic N) is 2. The summed E-state index contributed by atoms with van der Waals surface area (Å²) < 4.78 is 47.4. The third kappa shape index (κ3) is 4.35. The van der Waals surface area contributed by atoms with E-state index in [9.17, 15) is 18.0 Å². The van der Waals surface area contributed by atoms with E-state index in [4.69, 9.17) is 16.3 Å². The summed E-state index contributed by atoms with van der Waals surface area (Å²) >= 11 is 5.88. The van der Waals surface area contributed by atoms with Crippen LogP contribution in [0, 0.1) is 0 Å². The minimum absolute atomic E-state index is 0.0588. The van der Waals surface area contributed by atoms with Gasteiger partial charge in [-0.3, -0.25) is 4.79 Å². The number of carbonyl (C=O) groups excluding carboxylic acids is 1. The van der Waals surface area contributed by atoms with Gasteiger partial charge in [0.1, 0.15) is 5.82 Å². The van der Waals surface area contributed by atoms with Gasteiger partial charge in [-0.25, -0.2) is 4.68 Å². The Morgan fingerprint density at radius 3 is 2.76 bits per heavy atom.